The van der Waals surface area contributed by atoms with E-state index in [2.05, 4.69) is 10.1 Å². The summed E-state index contributed by atoms with van der Waals surface area (Å²) < 4.78 is 4.68. The third-order valence-electron chi connectivity index (χ3n) is 1.92. The van der Waals surface area contributed by atoms with E-state index in [4.69, 9.17) is 5.11 Å². The van der Waals surface area contributed by atoms with E-state index >= 15 is 0 Å². The fourth-order valence-electron chi connectivity index (χ4n) is 1.00. The van der Waals surface area contributed by atoms with Crippen molar-refractivity contribution in [1.82, 2.24) is 10.2 Å². The number of urea groups is 1. The lowest BCUT2D eigenvalue weighted by Gasteiger charge is -2.16. The maximum absolute atomic E-state index is 11.4. The summed E-state index contributed by atoms with van der Waals surface area (Å²) >= 11 is 0. The average molecular weight is 246 g/mol. The molecule has 0 aromatic carbocycles. The fraction of sp³-hybridized carbons (Fsp3) is 0.700. The average Bonchev–Trinajstić information content (AvgIpc) is 2.25. The highest BCUT2D eigenvalue weighted by Gasteiger charge is 2.10. The molecule has 17 heavy (non-hydrogen) atoms. The van der Waals surface area contributed by atoms with Gasteiger partial charge in [-0.2, -0.15) is 0 Å². The largest absolute Gasteiger partial charge is 0.481 e. The number of esters is 1. The Morgan fingerprint density at radius 3 is 2.47 bits per heavy atom. The van der Waals surface area contributed by atoms with Gasteiger partial charge in [0.1, 0.15) is 0 Å². The van der Waals surface area contributed by atoms with Crippen molar-refractivity contribution in [3.05, 3.63) is 0 Å². The first-order valence-electron chi connectivity index (χ1n) is 5.33. The van der Waals surface area contributed by atoms with Crippen LogP contribution in [0, 0.1) is 0 Å². The van der Waals surface area contributed by atoms with E-state index < -0.39 is 12.0 Å². The van der Waals surface area contributed by atoms with E-state index in [1.54, 1.807) is 6.92 Å². The molecule has 0 saturated heterocycles. The zero-order valence-corrected chi connectivity index (χ0v) is 10.1. The number of carboxylic acid groups (broad SMARTS) is 1. The van der Waals surface area contributed by atoms with Gasteiger partial charge in [-0.1, -0.05) is 0 Å². The van der Waals surface area contributed by atoms with Crippen LogP contribution in [0.2, 0.25) is 0 Å². The highest BCUT2D eigenvalue weighted by atomic mass is 16.5. The molecule has 0 bridgehead atoms. The predicted octanol–water partition coefficient (Wildman–Crippen LogP) is 0.0557. The number of rotatable bonds is 7. The van der Waals surface area contributed by atoms with Crippen LogP contribution in [0.1, 0.15) is 19.8 Å². The van der Waals surface area contributed by atoms with Gasteiger partial charge in [0.2, 0.25) is 0 Å². The molecule has 0 aliphatic heterocycles. The summed E-state index contributed by atoms with van der Waals surface area (Å²) in [5.41, 5.74) is 0. The maximum Gasteiger partial charge on any atom is 0.317 e. The van der Waals surface area contributed by atoms with E-state index in [0.717, 1.165) is 0 Å². The molecule has 2 amide bonds. The molecule has 7 nitrogen and oxygen atoms in total. The Labute approximate surface area is 99.7 Å². The smallest absolute Gasteiger partial charge is 0.317 e. The molecule has 0 saturated carbocycles. The van der Waals surface area contributed by atoms with Crippen LogP contribution < -0.4 is 5.32 Å². The van der Waals surface area contributed by atoms with Crippen molar-refractivity contribution >= 4 is 18.0 Å². The Morgan fingerprint density at radius 2 is 1.94 bits per heavy atom. The van der Waals surface area contributed by atoms with E-state index in [0.29, 0.717) is 6.61 Å². The molecule has 0 aromatic rings. The summed E-state index contributed by atoms with van der Waals surface area (Å²) in [5, 5.41) is 10.9. The molecule has 0 atom stereocenters. The maximum atomic E-state index is 11.4. The van der Waals surface area contributed by atoms with Crippen molar-refractivity contribution in [2.24, 2.45) is 0 Å². The number of carbonyl (C=O) groups excluding carboxylic acids is 2. The second-order valence-corrected chi connectivity index (χ2v) is 3.35. The quantitative estimate of drug-likeness (QED) is 0.619. The van der Waals surface area contributed by atoms with E-state index in [1.165, 1.54) is 11.9 Å². The van der Waals surface area contributed by atoms with Crippen LogP contribution in [0.5, 0.6) is 0 Å². The SMILES string of the molecule is CCOC(=O)CCNC(=O)N(C)CCC(=O)O. The molecule has 0 spiro atoms. The minimum atomic E-state index is -0.962. The van der Waals surface area contributed by atoms with Gasteiger partial charge in [-0.25, -0.2) is 4.79 Å². The van der Waals surface area contributed by atoms with Gasteiger partial charge < -0.3 is 20.1 Å². The number of nitrogens with one attached hydrogen (secondary N) is 1. The van der Waals surface area contributed by atoms with Crippen LogP contribution in [0.15, 0.2) is 0 Å². The Hall–Kier alpha value is -1.79. The number of nitrogens with zero attached hydrogens (tertiary/aromatic N) is 1. The number of aliphatic carboxylic acids is 1. The minimum absolute atomic E-state index is 0.104. The van der Waals surface area contributed by atoms with Gasteiger partial charge in [-0.15, -0.1) is 0 Å². The highest BCUT2D eigenvalue weighted by molar-refractivity contribution is 5.76. The number of hydrogen-bond acceptors (Lipinski definition) is 4. The van der Waals surface area contributed by atoms with Crippen LogP contribution in [0.3, 0.4) is 0 Å². The summed E-state index contributed by atoms with van der Waals surface area (Å²) in [6.45, 7) is 2.32. The third-order valence-corrected chi connectivity index (χ3v) is 1.92. The zero-order valence-electron chi connectivity index (χ0n) is 10.1. The van der Waals surface area contributed by atoms with Crippen LogP contribution in [0.25, 0.3) is 0 Å². The summed E-state index contributed by atoms with van der Waals surface area (Å²) in [6.07, 6.45) is -0.00581. The normalized spacial score (nSPS) is 9.53. The molecular weight excluding hydrogens is 228 g/mol. The molecule has 2 N–H and O–H groups in total. The molecule has 7 heteroatoms. The number of carboxylic acids is 1. The molecule has 98 valence electrons. The van der Waals surface area contributed by atoms with Crippen molar-refractivity contribution < 1.29 is 24.2 Å². The van der Waals surface area contributed by atoms with Crippen molar-refractivity contribution in [3.8, 4) is 0 Å². The molecule has 0 aliphatic carbocycles. The molecule has 0 heterocycles. The molecule has 0 aromatic heterocycles. The molecular formula is C10H18N2O5. The molecule has 0 unspecified atom stereocenters. The first-order valence-corrected chi connectivity index (χ1v) is 5.33. The Morgan fingerprint density at radius 1 is 1.29 bits per heavy atom. The minimum Gasteiger partial charge on any atom is -0.481 e. The number of amides is 2. The Bertz CT molecular complexity index is 280. The summed E-state index contributed by atoms with van der Waals surface area (Å²) in [7, 11) is 1.49. The monoisotopic (exact) mass is 246 g/mol. The van der Waals surface area contributed by atoms with Crippen LogP contribution in [-0.2, 0) is 14.3 Å². The first-order chi connectivity index (χ1) is 7.97. The second-order valence-electron chi connectivity index (χ2n) is 3.35. The predicted molar refractivity (Wildman–Crippen MR) is 59.5 cm³/mol. The van der Waals surface area contributed by atoms with Crippen molar-refractivity contribution in [1.29, 1.82) is 0 Å². The molecule has 0 aliphatic rings. The van der Waals surface area contributed by atoms with Crippen LogP contribution >= 0.6 is 0 Å². The van der Waals surface area contributed by atoms with Crippen molar-refractivity contribution in [2.45, 2.75) is 19.8 Å². The van der Waals surface area contributed by atoms with E-state index in [-0.39, 0.29) is 31.9 Å². The Balaban J connectivity index is 3.70. The van der Waals surface area contributed by atoms with Gasteiger partial charge in [0.25, 0.3) is 0 Å². The lowest BCUT2D eigenvalue weighted by atomic mass is 10.4. The van der Waals surface area contributed by atoms with E-state index in [9.17, 15) is 14.4 Å². The number of carbonyl (C=O) groups is 3. The van der Waals surface area contributed by atoms with Gasteiger partial charge in [0.05, 0.1) is 19.4 Å². The lowest BCUT2D eigenvalue weighted by Crippen LogP contribution is -2.39. The molecule has 0 rings (SSSR count). The summed E-state index contributed by atoms with van der Waals surface area (Å²) in [4.78, 5) is 33.8. The molecule has 0 radical (unpaired) electrons. The third kappa shape index (κ3) is 8.06. The van der Waals surface area contributed by atoms with Gasteiger partial charge in [0.15, 0.2) is 0 Å². The Kier molecular flexibility index (Phi) is 7.49. The van der Waals surface area contributed by atoms with Gasteiger partial charge >= 0.3 is 18.0 Å². The topological polar surface area (TPSA) is 95.9 Å². The lowest BCUT2D eigenvalue weighted by molar-refractivity contribution is -0.143. The number of ether oxygens (including phenoxy) is 1. The van der Waals surface area contributed by atoms with Gasteiger partial charge in [-0.3, -0.25) is 9.59 Å². The summed E-state index contributed by atoms with van der Waals surface area (Å²) in [5.74, 6) is -1.34. The van der Waals surface area contributed by atoms with Gasteiger partial charge in [0, 0.05) is 20.1 Å². The second kappa shape index (κ2) is 8.37. The summed E-state index contributed by atoms with van der Waals surface area (Å²) in [6, 6.07) is -0.407. The van der Waals surface area contributed by atoms with Crippen molar-refractivity contribution in [2.75, 3.05) is 26.7 Å². The van der Waals surface area contributed by atoms with Gasteiger partial charge in [-0.05, 0) is 6.92 Å². The van der Waals surface area contributed by atoms with Crippen LogP contribution in [0.4, 0.5) is 4.79 Å². The molecule has 0 fully saturated rings. The standard InChI is InChI=1S/C10H18N2O5/c1-3-17-9(15)4-6-11-10(16)12(2)7-5-8(13)14/h3-7H2,1-2H3,(H,11,16)(H,13,14). The van der Waals surface area contributed by atoms with Crippen molar-refractivity contribution in [3.63, 3.8) is 0 Å². The fourth-order valence-corrected chi connectivity index (χ4v) is 1.00. The van der Waals surface area contributed by atoms with Crippen LogP contribution in [-0.4, -0.2) is 54.7 Å². The highest BCUT2D eigenvalue weighted by Crippen LogP contribution is 1.90. The van der Waals surface area contributed by atoms with E-state index in [1.807, 2.05) is 0 Å². The number of hydrogen-bond donors (Lipinski definition) is 2. The first kappa shape index (κ1) is 15.2. The zero-order chi connectivity index (χ0) is 13.3.